The van der Waals surface area contributed by atoms with Gasteiger partial charge in [-0.15, -0.1) is 0 Å². The zero-order valence-electron chi connectivity index (χ0n) is 15.9. The van der Waals surface area contributed by atoms with Gasteiger partial charge in [0, 0.05) is 25.4 Å². The number of carbonyl (C=O) groups excluding carboxylic acids is 1. The first kappa shape index (κ1) is 18.0. The molecule has 2 aliphatic rings. The second-order valence-corrected chi connectivity index (χ2v) is 7.48. The van der Waals surface area contributed by atoms with Crippen molar-refractivity contribution in [1.29, 1.82) is 0 Å². The highest BCUT2D eigenvalue weighted by Crippen LogP contribution is 2.43. The van der Waals surface area contributed by atoms with Gasteiger partial charge in [-0.2, -0.15) is 0 Å². The molecule has 5 atom stereocenters. The van der Waals surface area contributed by atoms with E-state index in [1.807, 2.05) is 18.2 Å². The molecule has 1 aliphatic heterocycles. The number of anilines is 1. The first-order valence-electron chi connectivity index (χ1n) is 9.70. The molecule has 3 N–H and O–H groups in total. The van der Waals surface area contributed by atoms with Crippen LogP contribution < -0.4 is 10.6 Å². The SMILES string of the molecule is CNC(=O)C1CC(O)C(n2cnc3c(NC4CC4c4ccccc4)ncnc32)O1. The highest BCUT2D eigenvalue weighted by molar-refractivity contribution is 5.83. The van der Waals surface area contributed by atoms with Crippen molar-refractivity contribution in [1.82, 2.24) is 24.8 Å². The Labute approximate surface area is 167 Å². The Morgan fingerprint density at radius 1 is 1.21 bits per heavy atom. The minimum absolute atomic E-state index is 0.223. The standard InChI is InChI=1S/C20H22N6O3/c1-21-19(28)15-8-14(27)20(29-15)26-10-24-16-17(22-9-23-18(16)26)25-13-7-12(13)11-5-3-2-4-6-11/h2-6,9-10,12-15,20,27H,7-8H2,1H3,(H,21,28)(H,22,23,25). The molecule has 0 radical (unpaired) electrons. The van der Waals surface area contributed by atoms with Gasteiger partial charge in [0.1, 0.15) is 18.5 Å². The minimum atomic E-state index is -0.827. The van der Waals surface area contributed by atoms with E-state index in [-0.39, 0.29) is 12.3 Å². The Morgan fingerprint density at radius 3 is 2.83 bits per heavy atom. The third-order valence-electron chi connectivity index (χ3n) is 5.60. The average molecular weight is 394 g/mol. The minimum Gasteiger partial charge on any atom is -0.388 e. The fraction of sp³-hybridized carbons (Fsp3) is 0.400. The molecule has 3 aromatic rings. The number of ether oxygens (including phenoxy) is 1. The number of aliphatic hydroxyl groups is 1. The molecular formula is C20H22N6O3. The van der Waals surface area contributed by atoms with Crippen molar-refractivity contribution in [2.75, 3.05) is 12.4 Å². The maximum atomic E-state index is 11.9. The van der Waals surface area contributed by atoms with Crippen molar-refractivity contribution < 1.29 is 14.6 Å². The molecule has 1 aromatic carbocycles. The van der Waals surface area contributed by atoms with E-state index >= 15 is 0 Å². The molecule has 3 heterocycles. The lowest BCUT2D eigenvalue weighted by atomic mass is 10.1. The first-order valence-corrected chi connectivity index (χ1v) is 9.70. The highest BCUT2D eigenvalue weighted by atomic mass is 16.5. The number of amides is 1. The van der Waals surface area contributed by atoms with E-state index in [2.05, 4.69) is 37.7 Å². The van der Waals surface area contributed by atoms with E-state index in [0.717, 1.165) is 6.42 Å². The topological polar surface area (TPSA) is 114 Å². The molecule has 9 nitrogen and oxygen atoms in total. The van der Waals surface area contributed by atoms with Crippen LogP contribution in [-0.2, 0) is 9.53 Å². The normalized spacial score (nSPS) is 28.4. The number of carbonyl (C=O) groups is 1. The summed E-state index contributed by atoms with van der Waals surface area (Å²) in [6.45, 7) is 0. The summed E-state index contributed by atoms with van der Waals surface area (Å²) in [5.74, 6) is 0.859. The second-order valence-electron chi connectivity index (χ2n) is 7.48. The molecule has 1 saturated carbocycles. The van der Waals surface area contributed by atoms with Crippen LogP contribution in [0.5, 0.6) is 0 Å². The van der Waals surface area contributed by atoms with Gasteiger partial charge in [-0.1, -0.05) is 30.3 Å². The Balaban J connectivity index is 1.37. The molecule has 1 aliphatic carbocycles. The number of aromatic nitrogens is 4. The van der Waals surface area contributed by atoms with E-state index in [9.17, 15) is 9.90 Å². The predicted molar refractivity (Wildman–Crippen MR) is 105 cm³/mol. The van der Waals surface area contributed by atoms with Crippen LogP contribution in [0.15, 0.2) is 43.0 Å². The number of nitrogens with zero attached hydrogens (tertiary/aromatic N) is 4. The smallest absolute Gasteiger partial charge is 0.249 e. The van der Waals surface area contributed by atoms with Gasteiger partial charge >= 0.3 is 0 Å². The largest absolute Gasteiger partial charge is 0.388 e. The molecule has 1 amide bonds. The van der Waals surface area contributed by atoms with Crippen LogP contribution in [0.25, 0.3) is 11.2 Å². The van der Waals surface area contributed by atoms with Gasteiger partial charge in [0.25, 0.3) is 0 Å². The fourth-order valence-electron chi connectivity index (χ4n) is 3.97. The van der Waals surface area contributed by atoms with Crippen molar-refractivity contribution in [3.63, 3.8) is 0 Å². The van der Waals surface area contributed by atoms with Crippen LogP contribution >= 0.6 is 0 Å². The van der Waals surface area contributed by atoms with Crippen LogP contribution in [0.4, 0.5) is 5.82 Å². The number of hydrogen-bond donors (Lipinski definition) is 3. The Bertz CT molecular complexity index is 1040. The molecular weight excluding hydrogens is 372 g/mol. The van der Waals surface area contributed by atoms with Gasteiger partial charge in [-0.3, -0.25) is 9.36 Å². The van der Waals surface area contributed by atoms with Crippen molar-refractivity contribution in [3.8, 4) is 0 Å². The summed E-state index contributed by atoms with van der Waals surface area (Å²) in [4.78, 5) is 25.0. The number of nitrogens with one attached hydrogen (secondary N) is 2. The van der Waals surface area contributed by atoms with Crippen molar-refractivity contribution in [2.24, 2.45) is 0 Å². The molecule has 5 unspecified atom stereocenters. The van der Waals surface area contributed by atoms with Crippen LogP contribution in [0, 0.1) is 0 Å². The lowest BCUT2D eigenvalue weighted by Crippen LogP contribution is -2.31. The quantitative estimate of drug-likeness (QED) is 0.595. The monoisotopic (exact) mass is 394 g/mol. The third kappa shape index (κ3) is 3.22. The Hall–Kier alpha value is -3.04. The lowest BCUT2D eigenvalue weighted by Gasteiger charge is -2.16. The average Bonchev–Trinajstić information content (AvgIpc) is 3.20. The highest BCUT2D eigenvalue weighted by Gasteiger charge is 2.41. The van der Waals surface area contributed by atoms with Crippen LogP contribution in [0.2, 0.25) is 0 Å². The summed E-state index contributed by atoms with van der Waals surface area (Å²) < 4.78 is 7.43. The summed E-state index contributed by atoms with van der Waals surface area (Å²) in [7, 11) is 1.55. The lowest BCUT2D eigenvalue weighted by molar-refractivity contribution is -0.134. The molecule has 1 saturated heterocycles. The summed E-state index contributed by atoms with van der Waals surface area (Å²) >= 11 is 0. The van der Waals surface area contributed by atoms with Crippen molar-refractivity contribution >= 4 is 22.9 Å². The molecule has 2 aromatic heterocycles. The number of hydrogen-bond acceptors (Lipinski definition) is 7. The summed E-state index contributed by atoms with van der Waals surface area (Å²) in [5, 5.41) is 16.4. The maximum Gasteiger partial charge on any atom is 0.249 e. The zero-order chi connectivity index (χ0) is 20.0. The number of rotatable bonds is 5. The van der Waals surface area contributed by atoms with Crippen molar-refractivity contribution in [3.05, 3.63) is 48.5 Å². The second kappa shape index (κ2) is 7.09. The van der Waals surface area contributed by atoms with Crippen LogP contribution in [0.1, 0.15) is 30.6 Å². The van der Waals surface area contributed by atoms with E-state index in [4.69, 9.17) is 4.74 Å². The molecule has 150 valence electrons. The zero-order valence-corrected chi connectivity index (χ0v) is 15.9. The number of imidazole rings is 1. The fourth-order valence-corrected chi connectivity index (χ4v) is 3.97. The van der Waals surface area contributed by atoms with Crippen LogP contribution in [0.3, 0.4) is 0 Å². The molecule has 9 heteroatoms. The molecule has 0 bridgehead atoms. The Morgan fingerprint density at radius 2 is 2.03 bits per heavy atom. The van der Waals surface area contributed by atoms with Gasteiger partial charge in [0.2, 0.25) is 5.91 Å². The number of aliphatic hydroxyl groups excluding tert-OH is 1. The Kier molecular flexibility index (Phi) is 4.40. The molecule has 0 spiro atoms. The van der Waals surface area contributed by atoms with Gasteiger partial charge < -0.3 is 20.5 Å². The number of fused-ring (bicyclic) bond motifs is 1. The van der Waals surface area contributed by atoms with E-state index < -0.39 is 18.4 Å². The van der Waals surface area contributed by atoms with Gasteiger partial charge in [0.15, 0.2) is 23.2 Å². The van der Waals surface area contributed by atoms with Gasteiger partial charge in [0.05, 0.1) is 6.33 Å². The number of benzene rings is 1. The maximum absolute atomic E-state index is 11.9. The molecule has 29 heavy (non-hydrogen) atoms. The summed E-state index contributed by atoms with van der Waals surface area (Å²) in [6, 6.07) is 10.7. The van der Waals surface area contributed by atoms with Gasteiger partial charge in [-0.25, -0.2) is 15.0 Å². The van der Waals surface area contributed by atoms with Crippen molar-refractivity contribution in [2.45, 2.75) is 43.2 Å². The third-order valence-corrected chi connectivity index (χ3v) is 5.60. The van der Waals surface area contributed by atoms with E-state index in [1.165, 1.54) is 11.9 Å². The summed E-state index contributed by atoms with van der Waals surface area (Å²) in [6.07, 6.45) is 2.06. The van der Waals surface area contributed by atoms with Gasteiger partial charge in [-0.05, 0) is 12.0 Å². The van der Waals surface area contributed by atoms with Crippen LogP contribution in [-0.4, -0.2) is 55.8 Å². The summed E-state index contributed by atoms with van der Waals surface area (Å²) in [5.41, 5.74) is 2.48. The molecule has 2 fully saturated rings. The first-order chi connectivity index (χ1) is 14.2. The predicted octanol–water partition coefficient (Wildman–Crippen LogP) is 1.19. The van der Waals surface area contributed by atoms with E-state index in [1.54, 1.807) is 17.9 Å². The molecule has 5 rings (SSSR count). The van der Waals surface area contributed by atoms with E-state index in [0.29, 0.717) is 28.9 Å². The number of likely N-dealkylation sites (N-methyl/N-ethyl adjacent to an activating group) is 1.